The summed E-state index contributed by atoms with van der Waals surface area (Å²) in [7, 11) is 0. The highest BCUT2D eigenvalue weighted by atomic mass is 32.1. The van der Waals surface area contributed by atoms with Gasteiger partial charge in [0.2, 0.25) is 11.8 Å². The van der Waals surface area contributed by atoms with Crippen molar-refractivity contribution in [2.45, 2.75) is 64.5 Å². The van der Waals surface area contributed by atoms with Gasteiger partial charge in [-0.15, -0.1) is 0 Å². The maximum atomic E-state index is 15.4. The number of para-hydroxylation sites is 1. The Hall–Kier alpha value is -7.57. The number of nitrogens with one attached hydrogen (secondary N) is 2. The smallest absolute Gasteiger partial charge is 0.355 e. The molecule has 0 saturated carbocycles. The van der Waals surface area contributed by atoms with Crippen LogP contribution in [0.25, 0.3) is 21.3 Å². The number of ether oxygens (including phenoxy) is 1. The van der Waals surface area contributed by atoms with Crippen molar-refractivity contribution in [3.05, 3.63) is 130 Å². The van der Waals surface area contributed by atoms with E-state index in [1.807, 2.05) is 77.4 Å². The summed E-state index contributed by atoms with van der Waals surface area (Å²) >= 11 is 1.42. The Morgan fingerprint density at radius 2 is 1.59 bits per heavy atom. The molecule has 4 aliphatic rings. The van der Waals surface area contributed by atoms with Gasteiger partial charge in [-0.05, 0) is 110 Å². The summed E-state index contributed by atoms with van der Waals surface area (Å²) in [4.78, 5) is 93.2. The minimum absolute atomic E-state index is 0.00569. The number of amides is 5. The minimum Gasteiger partial charge on any atom is -0.493 e. The Balaban J connectivity index is 0.695. The number of carboxylic acids is 1. The summed E-state index contributed by atoms with van der Waals surface area (Å²) in [6.45, 7) is 6.77. The molecular weight excluding hydrogens is 928 g/mol. The Morgan fingerprint density at radius 1 is 0.817 bits per heavy atom. The minimum atomic E-state index is -1.14. The van der Waals surface area contributed by atoms with E-state index >= 15 is 4.39 Å². The van der Waals surface area contributed by atoms with Crippen LogP contribution in [-0.4, -0.2) is 112 Å². The molecule has 18 heteroatoms. The fourth-order valence-corrected chi connectivity index (χ4v) is 10.9. The van der Waals surface area contributed by atoms with Crippen LogP contribution in [0.4, 0.5) is 21.0 Å². The standard InChI is InChI=1S/C53H51FN8O8S/c1-31-33(34-16-18-45(56-47(34)52(68)69)61-22-20-32-10-8-12-35(38(32)30-61)48(64)58-53-55-40-13-4-5-15-44(40)71-53)11-9-14-43(31)70-27-7-3-2-6-21-59-23-25-60(26-24-59)42-29-37-36(28-39(42)54)50(66)62(51(37)67)41-17-19-46(63)57-49(41)65/h4-5,8-16,18,28-29,41H,2-3,6-7,17,19-27,30H2,1H3,(H,68,69)(H,55,58,64)(H,57,63,65). The van der Waals surface area contributed by atoms with Crippen LogP contribution in [0.5, 0.6) is 5.75 Å². The number of fused-ring (bicyclic) bond motifs is 3. The molecule has 0 radical (unpaired) electrons. The first-order chi connectivity index (χ1) is 34.4. The summed E-state index contributed by atoms with van der Waals surface area (Å²) in [6.07, 6.45) is 4.44. The van der Waals surface area contributed by atoms with Crippen molar-refractivity contribution in [2.75, 3.05) is 61.0 Å². The molecular formula is C53H51FN8O8S. The van der Waals surface area contributed by atoms with Gasteiger partial charge >= 0.3 is 5.97 Å². The quantitative estimate of drug-likeness (QED) is 0.0678. The van der Waals surface area contributed by atoms with Gasteiger partial charge in [-0.25, -0.2) is 19.2 Å². The summed E-state index contributed by atoms with van der Waals surface area (Å²) in [5.74, 6) is -3.38. The van der Waals surface area contributed by atoms with Crippen LogP contribution in [0.3, 0.4) is 0 Å². The Bertz CT molecular complexity index is 3100. The van der Waals surface area contributed by atoms with Gasteiger partial charge in [0.05, 0.1) is 33.6 Å². The van der Waals surface area contributed by atoms with E-state index in [1.54, 1.807) is 12.1 Å². The molecule has 6 aromatic rings. The number of pyridine rings is 1. The molecule has 2 saturated heterocycles. The van der Waals surface area contributed by atoms with E-state index in [9.17, 15) is 33.9 Å². The number of piperidine rings is 1. The number of benzene rings is 4. The number of aromatic carboxylic acids is 1. The number of piperazine rings is 1. The number of carbonyl (C=O) groups excluding carboxylic acids is 5. The van der Waals surface area contributed by atoms with Gasteiger partial charge in [-0.2, -0.15) is 0 Å². The van der Waals surface area contributed by atoms with E-state index in [4.69, 9.17) is 9.72 Å². The number of hydrogen-bond donors (Lipinski definition) is 3. The number of rotatable bonds is 15. The van der Waals surface area contributed by atoms with Crippen molar-refractivity contribution < 1.29 is 43.0 Å². The van der Waals surface area contributed by atoms with Gasteiger partial charge < -0.3 is 19.6 Å². The molecule has 0 spiro atoms. The molecule has 364 valence electrons. The maximum Gasteiger partial charge on any atom is 0.355 e. The number of carbonyl (C=O) groups is 6. The van der Waals surface area contributed by atoms with Gasteiger partial charge in [-0.3, -0.25) is 44.4 Å². The topological polar surface area (TPSA) is 195 Å². The molecule has 0 bridgehead atoms. The second-order valence-electron chi connectivity index (χ2n) is 18.2. The summed E-state index contributed by atoms with van der Waals surface area (Å²) < 4.78 is 22.7. The molecule has 3 N–H and O–H groups in total. The number of nitrogens with zero attached hydrogens (tertiary/aromatic N) is 6. The van der Waals surface area contributed by atoms with Crippen molar-refractivity contribution in [3.8, 4) is 16.9 Å². The number of imide groups is 2. The molecule has 16 nitrogen and oxygen atoms in total. The highest BCUT2D eigenvalue weighted by molar-refractivity contribution is 7.22. The average Bonchev–Trinajstić information content (AvgIpc) is 3.89. The zero-order valence-electron chi connectivity index (χ0n) is 39.0. The van der Waals surface area contributed by atoms with Crippen LogP contribution in [0.1, 0.15) is 96.8 Å². The van der Waals surface area contributed by atoms with Gasteiger partial charge in [0.1, 0.15) is 23.4 Å². The van der Waals surface area contributed by atoms with E-state index in [1.165, 1.54) is 17.4 Å². The van der Waals surface area contributed by atoms with E-state index < -0.39 is 41.5 Å². The van der Waals surface area contributed by atoms with E-state index in [0.29, 0.717) is 80.1 Å². The van der Waals surface area contributed by atoms with Gasteiger partial charge in [0.25, 0.3) is 17.7 Å². The normalized spacial score (nSPS) is 17.1. The number of thiazole rings is 1. The molecule has 2 fully saturated rings. The predicted molar refractivity (Wildman–Crippen MR) is 266 cm³/mol. The highest BCUT2D eigenvalue weighted by Gasteiger charge is 2.45. The molecule has 6 heterocycles. The van der Waals surface area contributed by atoms with Crippen molar-refractivity contribution in [3.63, 3.8) is 0 Å². The third-order valence-corrected chi connectivity index (χ3v) is 14.8. The molecule has 4 aromatic carbocycles. The van der Waals surface area contributed by atoms with Crippen molar-refractivity contribution in [1.29, 1.82) is 0 Å². The molecule has 10 rings (SSSR count). The molecule has 5 amide bonds. The molecule has 2 aromatic heterocycles. The predicted octanol–water partition coefficient (Wildman–Crippen LogP) is 7.48. The first kappa shape index (κ1) is 47.1. The lowest BCUT2D eigenvalue weighted by atomic mass is 9.94. The first-order valence-electron chi connectivity index (χ1n) is 23.9. The fraction of sp³-hybridized carbons (Fsp3) is 0.321. The number of halogens is 1. The monoisotopic (exact) mass is 978 g/mol. The van der Waals surface area contributed by atoms with Crippen LogP contribution < -0.4 is 25.2 Å². The van der Waals surface area contributed by atoms with Gasteiger partial charge in [0.15, 0.2) is 10.8 Å². The molecule has 1 unspecified atom stereocenters. The van der Waals surface area contributed by atoms with Crippen LogP contribution in [0, 0.1) is 12.7 Å². The van der Waals surface area contributed by atoms with Crippen LogP contribution >= 0.6 is 11.3 Å². The lowest BCUT2D eigenvalue weighted by Crippen LogP contribution is -2.54. The number of aromatic nitrogens is 2. The summed E-state index contributed by atoms with van der Waals surface area (Å²) in [6, 6.07) is 24.1. The number of anilines is 3. The molecule has 1 atom stereocenters. The SMILES string of the molecule is Cc1c(OCCCCCCN2CCN(c3cc4c(cc3F)C(=O)N(C3CCC(=O)NC3=O)C4=O)CC2)cccc1-c1ccc(N2CCc3cccc(C(=O)Nc4nc5ccccc5s4)c3C2)nc1C(=O)O. The largest absolute Gasteiger partial charge is 0.493 e. The first-order valence-corrected chi connectivity index (χ1v) is 24.8. The fourth-order valence-electron chi connectivity index (χ4n) is 10.1. The average molecular weight is 979 g/mol. The molecule has 4 aliphatic heterocycles. The third kappa shape index (κ3) is 9.56. The van der Waals surface area contributed by atoms with Crippen molar-refractivity contribution in [1.82, 2.24) is 25.1 Å². The van der Waals surface area contributed by atoms with Crippen LogP contribution in [-0.2, 0) is 22.6 Å². The number of hydrogen-bond acceptors (Lipinski definition) is 13. The van der Waals surface area contributed by atoms with Crippen LogP contribution in [0.2, 0.25) is 0 Å². The second-order valence-corrected chi connectivity index (χ2v) is 19.3. The van der Waals surface area contributed by atoms with Gasteiger partial charge in [0, 0.05) is 56.8 Å². The number of unbranched alkanes of at least 4 members (excludes halogenated alkanes) is 3. The maximum absolute atomic E-state index is 15.4. The summed E-state index contributed by atoms with van der Waals surface area (Å²) in [5, 5.41) is 16.1. The van der Waals surface area contributed by atoms with E-state index in [0.717, 1.165) is 75.7 Å². The summed E-state index contributed by atoms with van der Waals surface area (Å²) in [5.41, 5.74) is 5.47. The molecule has 71 heavy (non-hydrogen) atoms. The third-order valence-electron chi connectivity index (χ3n) is 13.9. The Labute approximate surface area is 412 Å². The highest BCUT2D eigenvalue weighted by Crippen LogP contribution is 2.36. The lowest BCUT2D eigenvalue weighted by Gasteiger charge is -2.36. The Morgan fingerprint density at radius 3 is 2.38 bits per heavy atom. The van der Waals surface area contributed by atoms with Crippen LogP contribution in [0.15, 0.2) is 84.9 Å². The molecule has 0 aliphatic carbocycles. The number of carboxylic acid groups (broad SMARTS) is 1. The van der Waals surface area contributed by atoms with Crippen molar-refractivity contribution >= 4 is 73.7 Å². The Kier molecular flexibility index (Phi) is 13.3. The van der Waals surface area contributed by atoms with E-state index in [2.05, 4.69) is 20.5 Å². The lowest BCUT2D eigenvalue weighted by molar-refractivity contribution is -0.136. The zero-order valence-corrected chi connectivity index (χ0v) is 39.9. The van der Waals surface area contributed by atoms with Gasteiger partial charge in [-0.1, -0.05) is 60.6 Å². The van der Waals surface area contributed by atoms with E-state index in [-0.39, 0.29) is 41.3 Å². The second kappa shape index (κ2) is 20.0. The van der Waals surface area contributed by atoms with Crippen molar-refractivity contribution in [2.24, 2.45) is 0 Å². The zero-order chi connectivity index (χ0) is 49.3.